The third kappa shape index (κ3) is 4.64. The van der Waals surface area contributed by atoms with E-state index in [9.17, 15) is 19.5 Å². The largest absolute Gasteiger partial charge is 0.466 e. The number of fused-ring (bicyclic) bond motifs is 1. The average molecular weight is 568 g/mol. The van der Waals surface area contributed by atoms with E-state index in [4.69, 9.17) is 4.74 Å². The number of esters is 1. The van der Waals surface area contributed by atoms with Crippen molar-refractivity contribution in [2.75, 3.05) is 13.2 Å². The van der Waals surface area contributed by atoms with Gasteiger partial charge in [-0.05, 0) is 38.7 Å². The first kappa shape index (κ1) is 26.5. The molecule has 2 bridgehead atoms. The third-order valence-electron chi connectivity index (χ3n) is 7.56. The van der Waals surface area contributed by atoms with E-state index in [1.54, 1.807) is 23.6 Å². The minimum absolute atomic E-state index is 0.00373. The van der Waals surface area contributed by atoms with E-state index in [1.807, 2.05) is 37.3 Å². The zero-order valence-electron chi connectivity index (χ0n) is 20.5. The Balaban J connectivity index is 1.75. The number of nitrogens with one attached hydrogen (secondary N) is 1. The van der Waals surface area contributed by atoms with Crippen molar-refractivity contribution in [3.05, 3.63) is 35.9 Å². The number of nitrogens with zero attached hydrogens (tertiary/aromatic N) is 1. The quantitative estimate of drug-likeness (QED) is 0.334. The summed E-state index contributed by atoms with van der Waals surface area (Å²) in [7, 11) is 0. The molecule has 3 aliphatic rings. The second-order valence-electron chi connectivity index (χ2n) is 9.89. The standard InChI is InChI=1S/C26H35BrN2O5S/c1-4-9-15(3)28-23(31)22-26-13-18(27)21(35-26)19(25(33)34-5-2)20(26)24(32)29(22)17(14-30)12-16-10-7-6-8-11-16/h6-8,10-11,15,17-22,30H,4-5,9,12-14H2,1-3H3,(H,28,31)/t15?,17-,18?,19-,20+,21-,22?,26?/m1/s1. The normalized spacial score (nSPS) is 32.9. The van der Waals surface area contributed by atoms with Crippen molar-refractivity contribution in [1.82, 2.24) is 10.2 Å². The van der Waals surface area contributed by atoms with Crippen molar-refractivity contribution in [3.63, 3.8) is 0 Å². The first-order chi connectivity index (χ1) is 16.8. The number of rotatable bonds is 10. The molecule has 2 amide bonds. The molecule has 192 valence electrons. The predicted molar refractivity (Wildman–Crippen MR) is 139 cm³/mol. The number of hydrogen-bond donors (Lipinski definition) is 2. The number of alkyl halides is 1. The Morgan fingerprint density at radius 3 is 2.66 bits per heavy atom. The molecule has 8 atom stereocenters. The molecule has 1 aromatic carbocycles. The summed E-state index contributed by atoms with van der Waals surface area (Å²) in [4.78, 5) is 42.6. The summed E-state index contributed by atoms with van der Waals surface area (Å²) in [5, 5.41) is 13.4. The van der Waals surface area contributed by atoms with Crippen molar-refractivity contribution in [2.24, 2.45) is 11.8 Å². The summed E-state index contributed by atoms with van der Waals surface area (Å²) in [6.07, 6.45) is 2.80. The fraction of sp³-hybridized carbons (Fsp3) is 0.654. The molecule has 0 aliphatic carbocycles. The zero-order valence-corrected chi connectivity index (χ0v) is 22.9. The molecule has 2 N–H and O–H groups in total. The minimum Gasteiger partial charge on any atom is -0.466 e. The van der Waals surface area contributed by atoms with Crippen LogP contribution >= 0.6 is 27.7 Å². The van der Waals surface area contributed by atoms with Gasteiger partial charge in [0.25, 0.3) is 0 Å². The number of likely N-dealkylation sites (tertiary alicyclic amines) is 1. The van der Waals surface area contributed by atoms with Gasteiger partial charge in [-0.3, -0.25) is 14.4 Å². The average Bonchev–Trinajstić information content (AvgIpc) is 3.42. The maximum atomic E-state index is 14.1. The highest BCUT2D eigenvalue weighted by Gasteiger charge is 2.76. The number of ether oxygens (including phenoxy) is 1. The molecule has 9 heteroatoms. The van der Waals surface area contributed by atoms with Gasteiger partial charge in [0.2, 0.25) is 11.8 Å². The van der Waals surface area contributed by atoms with E-state index >= 15 is 0 Å². The molecule has 3 aliphatic heterocycles. The molecular formula is C26H35BrN2O5S. The van der Waals surface area contributed by atoms with Crippen molar-refractivity contribution in [2.45, 2.75) is 79.4 Å². The second kappa shape index (κ2) is 10.8. The molecule has 4 rings (SSSR count). The summed E-state index contributed by atoms with van der Waals surface area (Å²) in [5.74, 6) is -2.07. The van der Waals surface area contributed by atoms with E-state index in [1.165, 1.54) is 0 Å². The molecule has 0 radical (unpaired) electrons. The van der Waals surface area contributed by atoms with Gasteiger partial charge in [-0.15, -0.1) is 11.8 Å². The lowest BCUT2D eigenvalue weighted by molar-refractivity contribution is -0.154. The van der Waals surface area contributed by atoms with Gasteiger partial charge in [-0.25, -0.2) is 0 Å². The van der Waals surface area contributed by atoms with Crippen molar-refractivity contribution in [1.29, 1.82) is 0 Å². The van der Waals surface area contributed by atoms with Gasteiger partial charge >= 0.3 is 5.97 Å². The van der Waals surface area contributed by atoms with Crippen LogP contribution in [0.2, 0.25) is 0 Å². The van der Waals surface area contributed by atoms with E-state index in [0.717, 1.165) is 18.4 Å². The molecule has 7 nitrogen and oxygen atoms in total. The Hall–Kier alpha value is -1.58. The fourth-order valence-electron chi connectivity index (χ4n) is 6.23. The van der Waals surface area contributed by atoms with Crippen molar-refractivity contribution in [3.8, 4) is 0 Å². The Bertz CT molecular complexity index is 949. The Morgan fingerprint density at radius 2 is 2.03 bits per heavy atom. The van der Waals surface area contributed by atoms with Gasteiger partial charge in [0, 0.05) is 16.1 Å². The van der Waals surface area contributed by atoms with Crippen LogP contribution in [0.4, 0.5) is 0 Å². The van der Waals surface area contributed by atoms with Crippen LogP contribution < -0.4 is 5.32 Å². The lowest BCUT2D eigenvalue weighted by Crippen LogP contribution is -2.58. The molecule has 1 spiro atoms. The maximum absolute atomic E-state index is 14.1. The van der Waals surface area contributed by atoms with E-state index in [2.05, 4.69) is 28.2 Å². The lowest BCUT2D eigenvalue weighted by Gasteiger charge is -2.38. The smallest absolute Gasteiger partial charge is 0.310 e. The number of hydrogen-bond acceptors (Lipinski definition) is 6. The van der Waals surface area contributed by atoms with E-state index in [-0.39, 0.29) is 47.1 Å². The topological polar surface area (TPSA) is 95.9 Å². The molecule has 3 saturated heterocycles. The Kier molecular flexibility index (Phi) is 8.18. The highest BCUT2D eigenvalue weighted by molar-refractivity contribution is 9.09. The summed E-state index contributed by atoms with van der Waals surface area (Å²) in [6.45, 7) is 5.77. The molecule has 0 saturated carbocycles. The second-order valence-corrected chi connectivity index (χ2v) is 12.6. The van der Waals surface area contributed by atoms with Crippen LogP contribution in [-0.2, 0) is 25.5 Å². The number of amides is 2. The van der Waals surface area contributed by atoms with Crippen LogP contribution in [0, 0.1) is 11.8 Å². The van der Waals surface area contributed by atoms with Gasteiger partial charge in [0.05, 0.1) is 35.8 Å². The molecule has 0 aromatic heterocycles. The number of carbonyl (C=O) groups is 3. The molecule has 35 heavy (non-hydrogen) atoms. The summed E-state index contributed by atoms with van der Waals surface area (Å²) >= 11 is 5.33. The van der Waals surface area contributed by atoms with Gasteiger partial charge in [0.15, 0.2) is 0 Å². The van der Waals surface area contributed by atoms with Crippen LogP contribution in [0.25, 0.3) is 0 Å². The highest BCUT2D eigenvalue weighted by Crippen LogP contribution is 2.68. The first-order valence-corrected chi connectivity index (χ1v) is 14.3. The van der Waals surface area contributed by atoms with Gasteiger partial charge in [0.1, 0.15) is 6.04 Å². The van der Waals surface area contributed by atoms with Gasteiger partial charge in [-0.2, -0.15) is 0 Å². The van der Waals surface area contributed by atoms with Crippen LogP contribution in [0.3, 0.4) is 0 Å². The Labute approximate surface area is 219 Å². The van der Waals surface area contributed by atoms with Gasteiger partial charge in [-0.1, -0.05) is 59.6 Å². The molecule has 3 heterocycles. The number of aliphatic hydroxyl groups excluding tert-OH is 1. The summed E-state index contributed by atoms with van der Waals surface area (Å²) in [5.41, 5.74) is 0.977. The van der Waals surface area contributed by atoms with Crippen LogP contribution in [-0.4, -0.2) is 74.0 Å². The van der Waals surface area contributed by atoms with Crippen LogP contribution in [0.5, 0.6) is 0 Å². The predicted octanol–water partition coefficient (Wildman–Crippen LogP) is 2.92. The molecule has 3 fully saturated rings. The number of carbonyl (C=O) groups excluding carboxylic acids is 3. The van der Waals surface area contributed by atoms with Crippen molar-refractivity contribution >= 4 is 45.5 Å². The summed E-state index contributed by atoms with van der Waals surface area (Å²) < 4.78 is 4.65. The Morgan fingerprint density at radius 1 is 1.31 bits per heavy atom. The monoisotopic (exact) mass is 566 g/mol. The number of benzene rings is 1. The van der Waals surface area contributed by atoms with Crippen LogP contribution in [0.15, 0.2) is 30.3 Å². The third-order valence-corrected chi connectivity index (χ3v) is 10.8. The van der Waals surface area contributed by atoms with Crippen LogP contribution in [0.1, 0.15) is 45.6 Å². The molecule has 1 aromatic rings. The number of halogens is 1. The SMILES string of the molecule is CCCC(C)NC(=O)C1N([C@@H](CO)Cc2ccccc2)C(=O)[C@@H]2[C@@H](C(=O)OCC)[C@@H]3SC12CC3Br. The number of aliphatic hydroxyl groups is 1. The van der Waals surface area contributed by atoms with E-state index in [0.29, 0.717) is 12.8 Å². The summed E-state index contributed by atoms with van der Waals surface area (Å²) in [6, 6.07) is 8.29. The minimum atomic E-state index is -0.769. The molecule has 4 unspecified atom stereocenters. The van der Waals surface area contributed by atoms with E-state index < -0.39 is 28.7 Å². The number of thioether (sulfide) groups is 1. The maximum Gasteiger partial charge on any atom is 0.310 e. The first-order valence-electron chi connectivity index (χ1n) is 12.5. The molecular weight excluding hydrogens is 532 g/mol. The highest BCUT2D eigenvalue weighted by atomic mass is 79.9. The van der Waals surface area contributed by atoms with Gasteiger partial charge < -0.3 is 20.1 Å². The fourth-order valence-corrected chi connectivity index (χ4v) is 9.82. The van der Waals surface area contributed by atoms with Crippen molar-refractivity contribution < 1.29 is 24.2 Å². The zero-order chi connectivity index (χ0) is 25.3. The lowest BCUT2D eigenvalue weighted by atomic mass is 9.71.